The van der Waals surface area contributed by atoms with Crippen LogP contribution in [0.1, 0.15) is 85.5 Å². The van der Waals surface area contributed by atoms with Crippen molar-refractivity contribution in [2.75, 3.05) is 0 Å². The van der Waals surface area contributed by atoms with E-state index in [1.54, 1.807) is 0 Å². The molecule has 0 aliphatic heterocycles. The second-order valence-electron chi connectivity index (χ2n) is 5.56. The molecule has 21 heavy (non-hydrogen) atoms. The maximum Gasteiger partial charge on any atom is 1.00 e. The van der Waals surface area contributed by atoms with Gasteiger partial charge >= 0.3 is 29.6 Å². The van der Waals surface area contributed by atoms with Crippen molar-refractivity contribution in [1.29, 1.82) is 0 Å². The summed E-state index contributed by atoms with van der Waals surface area (Å²) in [7, 11) is -4.31. The summed E-state index contributed by atoms with van der Waals surface area (Å²) >= 11 is 0. The Hall–Kier alpha value is 0.650. The molecule has 0 N–H and O–H groups in total. The van der Waals surface area contributed by atoms with E-state index in [4.69, 9.17) is 0 Å². The van der Waals surface area contributed by atoms with Gasteiger partial charge in [0.25, 0.3) is 0 Å². The summed E-state index contributed by atoms with van der Waals surface area (Å²) in [5.41, 5.74) is 0.858. The summed E-state index contributed by atoms with van der Waals surface area (Å²) in [6.45, 7) is 8.23. The normalized spacial score (nSPS) is 14.3. The Bertz CT molecular complexity index is 388. The standard InChI is InChI=1S/C16H32O3S.Na/c1-5-9-11-14(7-3)13-16(20(17,18)19)15(8-4)12-10-6-2;/h14H,5-13H2,1-4H3,(H,17,18,19);/q;+1/p-1. The molecule has 0 saturated carbocycles. The Morgan fingerprint density at radius 3 is 2.00 bits per heavy atom. The van der Waals surface area contributed by atoms with E-state index < -0.39 is 10.1 Å². The summed E-state index contributed by atoms with van der Waals surface area (Å²) < 4.78 is 34.8. The first-order chi connectivity index (χ1) is 9.40. The van der Waals surface area contributed by atoms with Crippen molar-refractivity contribution in [3.8, 4) is 0 Å². The van der Waals surface area contributed by atoms with Crippen LogP contribution in [-0.2, 0) is 10.1 Å². The molecule has 0 heterocycles. The molecule has 0 spiro atoms. The van der Waals surface area contributed by atoms with Crippen LogP contribution in [0.4, 0.5) is 0 Å². The van der Waals surface area contributed by atoms with Gasteiger partial charge in [0, 0.05) is 4.91 Å². The van der Waals surface area contributed by atoms with E-state index in [0.29, 0.717) is 18.8 Å². The van der Waals surface area contributed by atoms with E-state index in [-0.39, 0.29) is 34.5 Å². The van der Waals surface area contributed by atoms with E-state index in [2.05, 4.69) is 20.8 Å². The fourth-order valence-corrected chi connectivity index (χ4v) is 3.57. The number of unbranched alkanes of at least 4 members (excludes halogenated alkanes) is 2. The molecule has 1 atom stereocenters. The van der Waals surface area contributed by atoms with Crippen molar-refractivity contribution in [3.63, 3.8) is 0 Å². The predicted octanol–water partition coefficient (Wildman–Crippen LogP) is 2.00. The van der Waals surface area contributed by atoms with Crippen LogP contribution in [0, 0.1) is 5.92 Å². The average molecular weight is 326 g/mol. The van der Waals surface area contributed by atoms with E-state index >= 15 is 0 Å². The monoisotopic (exact) mass is 326 g/mol. The van der Waals surface area contributed by atoms with Gasteiger partial charge in [0.05, 0.1) is 0 Å². The van der Waals surface area contributed by atoms with Crippen LogP contribution >= 0.6 is 0 Å². The van der Waals surface area contributed by atoms with E-state index in [1.165, 1.54) is 0 Å². The van der Waals surface area contributed by atoms with Crippen molar-refractivity contribution in [3.05, 3.63) is 10.5 Å². The molecule has 0 radical (unpaired) electrons. The zero-order valence-corrected chi connectivity index (χ0v) is 17.4. The zero-order valence-electron chi connectivity index (χ0n) is 14.6. The van der Waals surface area contributed by atoms with E-state index in [0.717, 1.165) is 50.5 Å². The fraction of sp³-hybridized carbons (Fsp3) is 0.875. The average Bonchev–Trinajstić information content (AvgIpc) is 2.40. The Morgan fingerprint density at radius 2 is 1.62 bits per heavy atom. The summed E-state index contributed by atoms with van der Waals surface area (Å²) in [6.07, 6.45) is 7.97. The molecule has 0 bridgehead atoms. The van der Waals surface area contributed by atoms with Crippen LogP contribution in [0.2, 0.25) is 0 Å². The first kappa shape index (κ1) is 23.9. The van der Waals surface area contributed by atoms with Crippen molar-refractivity contribution in [2.24, 2.45) is 5.92 Å². The number of rotatable bonds is 11. The molecule has 0 rings (SSSR count). The zero-order chi connectivity index (χ0) is 15.6. The van der Waals surface area contributed by atoms with Gasteiger partial charge in [-0.05, 0) is 31.6 Å². The molecule has 0 aromatic heterocycles. The van der Waals surface area contributed by atoms with Crippen molar-refractivity contribution >= 4 is 10.1 Å². The molecule has 0 fully saturated rings. The minimum atomic E-state index is -4.31. The van der Waals surface area contributed by atoms with Gasteiger partial charge in [0.2, 0.25) is 0 Å². The molecular weight excluding hydrogens is 295 g/mol. The Morgan fingerprint density at radius 1 is 1.05 bits per heavy atom. The van der Waals surface area contributed by atoms with Crippen LogP contribution in [0.15, 0.2) is 10.5 Å². The maximum absolute atomic E-state index is 11.6. The Balaban J connectivity index is 0. The van der Waals surface area contributed by atoms with Gasteiger partial charge in [0.1, 0.15) is 10.1 Å². The molecule has 3 nitrogen and oxygen atoms in total. The van der Waals surface area contributed by atoms with Crippen LogP contribution in [-0.4, -0.2) is 13.0 Å². The smallest absolute Gasteiger partial charge is 0.744 e. The molecule has 0 saturated heterocycles. The third kappa shape index (κ3) is 10.1. The van der Waals surface area contributed by atoms with Crippen LogP contribution in [0.3, 0.4) is 0 Å². The summed E-state index contributed by atoms with van der Waals surface area (Å²) in [5, 5.41) is 0. The predicted molar refractivity (Wildman–Crippen MR) is 84.5 cm³/mol. The molecule has 5 heteroatoms. The van der Waals surface area contributed by atoms with E-state index in [1.807, 2.05) is 6.92 Å². The third-order valence-corrected chi connectivity index (χ3v) is 5.03. The molecule has 0 amide bonds. The molecule has 0 aliphatic rings. The second kappa shape index (κ2) is 13.1. The van der Waals surface area contributed by atoms with Gasteiger partial charge in [-0.15, -0.1) is 0 Å². The van der Waals surface area contributed by atoms with Gasteiger partial charge < -0.3 is 4.55 Å². The minimum absolute atomic E-state index is 0. The Kier molecular flexibility index (Phi) is 14.9. The van der Waals surface area contributed by atoms with Gasteiger partial charge in [-0.3, -0.25) is 0 Å². The van der Waals surface area contributed by atoms with Gasteiger partial charge in [-0.1, -0.05) is 65.4 Å². The van der Waals surface area contributed by atoms with Crippen molar-refractivity contribution < 1.29 is 42.5 Å². The quantitative estimate of drug-likeness (QED) is 0.431. The molecular formula is C16H31NaO3S. The van der Waals surface area contributed by atoms with Crippen LogP contribution in [0.5, 0.6) is 0 Å². The largest absolute Gasteiger partial charge is 1.00 e. The number of hydrogen-bond donors (Lipinski definition) is 0. The van der Waals surface area contributed by atoms with Gasteiger partial charge in [0.15, 0.2) is 0 Å². The third-order valence-electron chi connectivity index (χ3n) is 3.97. The molecule has 0 aliphatic carbocycles. The Labute approximate surface area is 154 Å². The second-order valence-corrected chi connectivity index (χ2v) is 6.96. The maximum atomic E-state index is 11.6. The first-order valence-corrected chi connectivity index (χ1v) is 9.48. The molecule has 1 unspecified atom stereocenters. The summed E-state index contributed by atoms with van der Waals surface area (Å²) in [6, 6.07) is 0. The number of hydrogen-bond acceptors (Lipinski definition) is 3. The SMILES string of the molecule is CCCCC(CC)=C(CC(CC)CCCC)S(=O)(=O)[O-].[Na+]. The van der Waals surface area contributed by atoms with Crippen molar-refractivity contribution in [2.45, 2.75) is 85.5 Å². The fourth-order valence-electron chi connectivity index (χ4n) is 2.53. The molecule has 0 aromatic carbocycles. The minimum Gasteiger partial charge on any atom is -0.744 e. The summed E-state index contributed by atoms with van der Waals surface area (Å²) in [5.74, 6) is 0.317. The van der Waals surface area contributed by atoms with Gasteiger partial charge in [-0.2, -0.15) is 0 Å². The molecule has 120 valence electrons. The number of allylic oxidation sites excluding steroid dienone is 2. The van der Waals surface area contributed by atoms with Gasteiger partial charge in [-0.25, -0.2) is 8.42 Å². The van der Waals surface area contributed by atoms with Crippen LogP contribution < -0.4 is 29.6 Å². The summed E-state index contributed by atoms with van der Waals surface area (Å²) in [4.78, 5) is 0.191. The first-order valence-electron chi connectivity index (χ1n) is 8.07. The van der Waals surface area contributed by atoms with Crippen LogP contribution in [0.25, 0.3) is 0 Å². The topological polar surface area (TPSA) is 57.2 Å². The van der Waals surface area contributed by atoms with E-state index in [9.17, 15) is 13.0 Å². The molecule has 0 aromatic rings. The van der Waals surface area contributed by atoms with Crippen molar-refractivity contribution in [1.82, 2.24) is 0 Å².